The fourth-order valence-corrected chi connectivity index (χ4v) is 4.73. The van der Waals surface area contributed by atoms with Crippen molar-refractivity contribution in [1.29, 1.82) is 0 Å². The number of thiophene rings is 1. The van der Waals surface area contributed by atoms with Gasteiger partial charge in [0.25, 0.3) is 11.8 Å². The number of ether oxygens (including phenoxy) is 2. The van der Waals surface area contributed by atoms with E-state index in [9.17, 15) is 9.59 Å². The minimum absolute atomic E-state index is 0.191. The van der Waals surface area contributed by atoms with Gasteiger partial charge in [-0.2, -0.15) is 0 Å². The lowest BCUT2D eigenvalue weighted by Gasteiger charge is -2.38. The Morgan fingerprint density at radius 1 is 0.914 bits per heavy atom. The van der Waals surface area contributed by atoms with E-state index in [1.54, 1.807) is 26.4 Å². The van der Waals surface area contributed by atoms with Crippen molar-refractivity contribution in [3.8, 4) is 5.75 Å². The summed E-state index contributed by atoms with van der Waals surface area (Å²) >= 11 is 1.37. The number of carbonyl (C=O) groups excluding carboxylic acids is 2. The van der Waals surface area contributed by atoms with Gasteiger partial charge in [0.05, 0.1) is 29.8 Å². The van der Waals surface area contributed by atoms with Crippen molar-refractivity contribution in [2.24, 2.45) is 0 Å². The number of hydrogen-bond donors (Lipinski definition) is 2. The van der Waals surface area contributed by atoms with Crippen LogP contribution in [0.4, 0.5) is 17.1 Å². The highest BCUT2D eigenvalue weighted by atomic mass is 32.1. The molecule has 35 heavy (non-hydrogen) atoms. The molecule has 184 valence electrons. The number of nitrogens with zero attached hydrogens (tertiary/aromatic N) is 2. The quantitative estimate of drug-likeness (QED) is 0.442. The molecule has 0 atom stereocenters. The maximum atomic E-state index is 13.1. The minimum atomic E-state index is -0.198. The van der Waals surface area contributed by atoms with Crippen molar-refractivity contribution in [2.75, 3.05) is 68.7 Å². The summed E-state index contributed by atoms with van der Waals surface area (Å²) in [5.41, 5.74) is 3.01. The van der Waals surface area contributed by atoms with E-state index in [2.05, 4.69) is 26.5 Å². The number of amides is 2. The van der Waals surface area contributed by atoms with Crippen LogP contribution in [0.3, 0.4) is 0 Å². The van der Waals surface area contributed by atoms with Crippen molar-refractivity contribution in [3.05, 3.63) is 70.4 Å². The third-order valence-electron chi connectivity index (χ3n) is 5.88. The molecule has 0 bridgehead atoms. The summed E-state index contributed by atoms with van der Waals surface area (Å²) in [6.45, 7) is 3.91. The second kappa shape index (κ2) is 11.7. The Hall–Kier alpha value is -3.56. The molecule has 1 aliphatic rings. The molecular formula is C26H30N4O4S. The van der Waals surface area contributed by atoms with Crippen LogP contribution in [0.2, 0.25) is 0 Å². The zero-order valence-electron chi connectivity index (χ0n) is 20.0. The van der Waals surface area contributed by atoms with E-state index in [4.69, 9.17) is 9.47 Å². The van der Waals surface area contributed by atoms with Gasteiger partial charge in [-0.3, -0.25) is 9.59 Å². The molecular weight excluding hydrogens is 464 g/mol. The molecule has 2 aromatic carbocycles. The topological polar surface area (TPSA) is 83.1 Å². The number of nitrogens with one attached hydrogen (secondary N) is 2. The van der Waals surface area contributed by atoms with Crippen LogP contribution in [-0.4, -0.2) is 65.4 Å². The molecule has 2 N–H and O–H groups in total. The Bertz CT molecular complexity index is 1140. The van der Waals surface area contributed by atoms with Gasteiger partial charge in [0.2, 0.25) is 0 Å². The van der Waals surface area contributed by atoms with Crippen molar-refractivity contribution >= 4 is 40.2 Å². The Morgan fingerprint density at radius 3 is 2.34 bits per heavy atom. The fraction of sp³-hybridized carbons (Fsp3) is 0.308. The molecule has 0 spiro atoms. The number of hydrogen-bond acceptors (Lipinski definition) is 7. The summed E-state index contributed by atoms with van der Waals surface area (Å²) in [4.78, 5) is 30.7. The predicted octanol–water partition coefficient (Wildman–Crippen LogP) is 3.71. The monoisotopic (exact) mass is 494 g/mol. The van der Waals surface area contributed by atoms with E-state index in [0.29, 0.717) is 29.3 Å². The average molecular weight is 495 g/mol. The summed E-state index contributed by atoms with van der Waals surface area (Å²) in [5, 5.41) is 7.67. The van der Waals surface area contributed by atoms with Crippen LogP contribution < -0.4 is 25.2 Å². The van der Waals surface area contributed by atoms with Crippen LogP contribution in [-0.2, 0) is 4.74 Å². The number of para-hydroxylation sites is 2. The molecule has 0 unspecified atom stereocenters. The van der Waals surface area contributed by atoms with Gasteiger partial charge in [-0.1, -0.05) is 18.2 Å². The molecule has 8 nitrogen and oxygen atoms in total. The first-order chi connectivity index (χ1) is 17.1. The van der Waals surface area contributed by atoms with E-state index < -0.39 is 0 Å². The normalized spacial score (nSPS) is 13.4. The van der Waals surface area contributed by atoms with Gasteiger partial charge < -0.3 is 29.9 Å². The Balaban J connectivity index is 1.52. The van der Waals surface area contributed by atoms with E-state index in [1.165, 1.54) is 11.3 Å². The van der Waals surface area contributed by atoms with Crippen molar-refractivity contribution < 1.29 is 19.1 Å². The van der Waals surface area contributed by atoms with Gasteiger partial charge in [-0.15, -0.1) is 11.3 Å². The molecule has 2 heterocycles. The summed E-state index contributed by atoms with van der Waals surface area (Å²) in [7, 11) is 3.28. The van der Waals surface area contributed by atoms with Crippen LogP contribution in [0.25, 0.3) is 0 Å². The second-order valence-corrected chi connectivity index (χ2v) is 9.01. The van der Waals surface area contributed by atoms with Gasteiger partial charge in [0.15, 0.2) is 0 Å². The number of rotatable bonds is 9. The van der Waals surface area contributed by atoms with Crippen LogP contribution in [0.15, 0.2) is 60.0 Å². The molecule has 0 saturated carbocycles. The first-order valence-corrected chi connectivity index (χ1v) is 12.4. The number of anilines is 3. The van der Waals surface area contributed by atoms with Crippen molar-refractivity contribution in [1.82, 2.24) is 5.32 Å². The maximum absolute atomic E-state index is 13.1. The number of carbonyl (C=O) groups is 2. The molecule has 4 rings (SSSR count). The predicted molar refractivity (Wildman–Crippen MR) is 140 cm³/mol. The molecule has 1 aliphatic heterocycles. The summed E-state index contributed by atoms with van der Waals surface area (Å²) in [5.74, 6) is 0.463. The lowest BCUT2D eigenvalue weighted by atomic mass is 10.1. The Labute approximate surface area is 209 Å². The van der Waals surface area contributed by atoms with Gasteiger partial charge in [-0.05, 0) is 41.8 Å². The van der Waals surface area contributed by atoms with Crippen LogP contribution >= 0.6 is 11.3 Å². The second-order valence-electron chi connectivity index (χ2n) is 8.06. The lowest BCUT2D eigenvalue weighted by molar-refractivity contribution is 0.0936. The minimum Gasteiger partial charge on any atom is -0.495 e. The molecule has 1 saturated heterocycles. The first kappa shape index (κ1) is 24.6. The third-order valence-corrected chi connectivity index (χ3v) is 6.75. The van der Waals surface area contributed by atoms with Crippen molar-refractivity contribution in [2.45, 2.75) is 0 Å². The molecule has 1 fully saturated rings. The van der Waals surface area contributed by atoms with E-state index in [1.807, 2.05) is 41.8 Å². The number of benzene rings is 2. The van der Waals surface area contributed by atoms with E-state index in [0.717, 1.165) is 43.3 Å². The Morgan fingerprint density at radius 2 is 1.66 bits per heavy atom. The molecule has 3 aromatic rings. The highest BCUT2D eigenvalue weighted by Gasteiger charge is 2.24. The van der Waals surface area contributed by atoms with E-state index in [-0.39, 0.29) is 11.8 Å². The smallest absolute Gasteiger partial charge is 0.265 e. The highest BCUT2D eigenvalue weighted by Crippen LogP contribution is 2.31. The molecule has 1 aromatic heterocycles. The summed E-state index contributed by atoms with van der Waals surface area (Å²) in [6, 6.07) is 17.1. The molecule has 0 aliphatic carbocycles. The van der Waals surface area contributed by atoms with Gasteiger partial charge in [-0.25, -0.2) is 0 Å². The van der Waals surface area contributed by atoms with Gasteiger partial charge in [0, 0.05) is 51.2 Å². The van der Waals surface area contributed by atoms with Crippen LogP contribution in [0.1, 0.15) is 20.0 Å². The standard InChI is InChI=1S/C26H30N4O4S/c1-33-16-11-27-25(31)20-18-19(28-26(32)24-8-5-17-35-24)9-10-21(20)29-12-14-30(15-13-29)22-6-3-4-7-23(22)34-2/h3-10,17-18H,11-16H2,1-2H3,(H,27,31)(H,28,32). The SMILES string of the molecule is COCCNC(=O)c1cc(NC(=O)c2cccs2)ccc1N1CCN(c2ccccc2OC)CC1. The summed E-state index contributed by atoms with van der Waals surface area (Å²) < 4.78 is 10.6. The van der Waals surface area contributed by atoms with Gasteiger partial charge in [0.1, 0.15) is 5.75 Å². The number of piperazine rings is 1. The fourth-order valence-electron chi connectivity index (χ4n) is 4.11. The first-order valence-electron chi connectivity index (χ1n) is 11.5. The lowest BCUT2D eigenvalue weighted by Crippen LogP contribution is -2.47. The van der Waals surface area contributed by atoms with E-state index >= 15 is 0 Å². The largest absolute Gasteiger partial charge is 0.495 e. The summed E-state index contributed by atoms with van der Waals surface area (Å²) in [6.07, 6.45) is 0. The number of methoxy groups -OCH3 is 2. The van der Waals surface area contributed by atoms with Gasteiger partial charge >= 0.3 is 0 Å². The average Bonchev–Trinajstić information content (AvgIpc) is 3.44. The Kier molecular flexibility index (Phi) is 8.23. The molecule has 0 radical (unpaired) electrons. The highest BCUT2D eigenvalue weighted by molar-refractivity contribution is 7.12. The maximum Gasteiger partial charge on any atom is 0.265 e. The zero-order valence-corrected chi connectivity index (χ0v) is 20.8. The van der Waals surface area contributed by atoms with Crippen LogP contribution in [0.5, 0.6) is 5.75 Å². The van der Waals surface area contributed by atoms with Crippen LogP contribution in [0, 0.1) is 0 Å². The van der Waals surface area contributed by atoms with Crippen molar-refractivity contribution in [3.63, 3.8) is 0 Å². The zero-order chi connectivity index (χ0) is 24.6. The molecule has 2 amide bonds. The molecule has 9 heteroatoms. The third kappa shape index (κ3) is 5.93.